The molecule has 0 saturated heterocycles. The quantitative estimate of drug-likeness (QED) is 0.628. The molecule has 162 valence electrons. The molecule has 0 spiro atoms. The number of aliphatic hydroxyl groups is 1. The molecule has 0 saturated carbocycles. The van der Waals surface area contributed by atoms with E-state index in [-0.39, 0.29) is 31.8 Å². The summed E-state index contributed by atoms with van der Waals surface area (Å²) in [5, 5.41) is 11.0. The van der Waals surface area contributed by atoms with E-state index in [0.29, 0.717) is 18.2 Å². The highest BCUT2D eigenvalue weighted by molar-refractivity contribution is 6.04. The molecule has 0 fully saturated rings. The summed E-state index contributed by atoms with van der Waals surface area (Å²) in [5.41, 5.74) is -1.86. The van der Waals surface area contributed by atoms with Crippen molar-refractivity contribution in [1.29, 1.82) is 0 Å². The van der Waals surface area contributed by atoms with E-state index in [1.165, 1.54) is 6.92 Å². The van der Waals surface area contributed by atoms with Gasteiger partial charge in [0.2, 0.25) is 0 Å². The highest BCUT2D eigenvalue weighted by Crippen LogP contribution is 2.33. The molecule has 0 unspecified atom stereocenters. The van der Waals surface area contributed by atoms with Crippen LogP contribution in [0.15, 0.2) is 36.4 Å². The third-order valence-corrected chi connectivity index (χ3v) is 4.27. The molecule has 0 aliphatic heterocycles. The number of carbonyl (C=O) groups is 2. The van der Waals surface area contributed by atoms with Gasteiger partial charge in [-0.3, -0.25) is 9.59 Å². The van der Waals surface area contributed by atoms with E-state index < -0.39 is 46.3 Å². The highest BCUT2D eigenvalue weighted by atomic mass is 19.3. The molecule has 2 aromatic carbocycles. The molecule has 2 amide bonds. The van der Waals surface area contributed by atoms with Crippen molar-refractivity contribution in [3.05, 3.63) is 65.0 Å². The summed E-state index contributed by atoms with van der Waals surface area (Å²) in [6.07, 6.45) is 0.0643. The van der Waals surface area contributed by atoms with Crippen molar-refractivity contribution < 1.29 is 36.6 Å². The minimum absolute atomic E-state index is 0.0643. The number of hydrogen-bond acceptors (Lipinski definition) is 3. The predicted molar refractivity (Wildman–Crippen MR) is 98.6 cm³/mol. The van der Waals surface area contributed by atoms with E-state index in [1.54, 1.807) is 0 Å². The minimum Gasteiger partial charge on any atom is -0.396 e. The number of aliphatic hydroxyl groups excluding tert-OH is 1. The number of carbonyl (C=O) groups excluding carboxylic acids is 2. The second-order valence-electron chi connectivity index (χ2n) is 6.31. The van der Waals surface area contributed by atoms with E-state index in [9.17, 15) is 31.5 Å². The molecule has 2 aromatic rings. The maximum atomic E-state index is 14.7. The summed E-state index contributed by atoms with van der Waals surface area (Å²) >= 11 is 0. The summed E-state index contributed by atoms with van der Waals surface area (Å²) in [7, 11) is 0. The van der Waals surface area contributed by atoms with Crippen LogP contribution in [0.25, 0.3) is 0 Å². The average Bonchev–Trinajstić information content (AvgIpc) is 2.71. The molecule has 0 atom stereocenters. The predicted octanol–water partition coefficient (Wildman–Crippen LogP) is 3.68. The Labute approximate surface area is 169 Å². The Morgan fingerprint density at radius 2 is 1.70 bits per heavy atom. The number of benzene rings is 2. The molecule has 0 heterocycles. The molecule has 0 aliphatic carbocycles. The summed E-state index contributed by atoms with van der Waals surface area (Å²) in [5.74, 6) is -10.7. The maximum Gasteiger partial charge on any atom is 0.352 e. The van der Waals surface area contributed by atoms with Crippen molar-refractivity contribution in [2.75, 3.05) is 25.0 Å². The van der Waals surface area contributed by atoms with E-state index >= 15 is 0 Å². The van der Waals surface area contributed by atoms with Crippen LogP contribution in [0.2, 0.25) is 0 Å². The number of amides is 2. The number of nitrogens with one attached hydrogen (secondary N) is 1. The van der Waals surface area contributed by atoms with Gasteiger partial charge >= 0.3 is 5.92 Å². The van der Waals surface area contributed by atoms with Crippen LogP contribution in [-0.4, -0.2) is 41.5 Å². The van der Waals surface area contributed by atoms with Crippen LogP contribution < -0.4 is 5.32 Å². The average molecular weight is 430 g/mol. The lowest BCUT2D eigenvalue weighted by Crippen LogP contribution is -2.43. The fourth-order valence-electron chi connectivity index (χ4n) is 2.66. The van der Waals surface area contributed by atoms with Crippen molar-refractivity contribution in [2.45, 2.75) is 19.3 Å². The summed E-state index contributed by atoms with van der Waals surface area (Å²) in [6, 6.07) is 4.57. The van der Waals surface area contributed by atoms with Gasteiger partial charge in [0.1, 0.15) is 5.82 Å². The van der Waals surface area contributed by atoms with Crippen LogP contribution in [0.5, 0.6) is 0 Å². The zero-order chi connectivity index (χ0) is 22.5. The second-order valence-corrected chi connectivity index (χ2v) is 6.31. The number of rotatable bonds is 8. The van der Waals surface area contributed by atoms with Gasteiger partial charge in [0.25, 0.3) is 11.8 Å². The van der Waals surface area contributed by atoms with Crippen molar-refractivity contribution in [2.24, 2.45) is 0 Å². The topological polar surface area (TPSA) is 69.6 Å². The summed E-state index contributed by atoms with van der Waals surface area (Å²) in [4.78, 5) is 25.3. The summed E-state index contributed by atoms with van der Waals surface area (Å²) < 4.78 is 69.8. The first-order valence-corrected chi connectivity index (χ1v) is 8.96. The van der Waals surface area contributed by atoms with Gasteiger partial charge in [0.05, 0.1) is 5.56 Å². The van der Waals surface area contributed by atoms with Crippen LogP contribution in [0, 0.1) is 17.5 Å². The molecule has 10 heteroatoms. The lowest BCUT2D eigenvalue weighted by molar-refractivity contribution is -0.159. The van der Waals surface area contributed by atoms with E-state index in [4.69, 9.17) is 5.11 Å². The SMILES string of the molecule is CCN(CCCO)C(=O)C(F)(F)c1cc(C(=O)Nc2ccc(F)c(F)c2)ccc1F. The highest BCUT2D eigenvalue weighted by Gasteiger charge is 2.45. The normalized spacial score (nSPS) is 11.3. The van der Waals surface area contributed by atoms with E-state index in [0.717, 1.165) is 23.1 Å². The van der Waals surface area contributed by atoms with Gasteiger partial charge in [0, 0.05) is 37.0 Å². The van der Waals surface area contributed by atoms with Gasteiger partial charge in [-0.25, -0.2) is 13.2 Å². The van der Waals surface area contributed by atoms with Crippen LogP contribution in [0.3, 0.4) is 0 Å². The van der Waals surface area contributed by atoms with Gasteiger partial charge in [-0.15, -0.1) is 0 Å². The zero-order valence-corrected chi connectivity index (χ0v) is 15.9. The third-order valence-electron chi connectivity index (χ3n) is 4.27. The van der Waals surface area contributed by atoms with Gasteiger partial charge < -0.3 is 15.3 Å². The Balaban J connectivity index is 2.31. The smallest absolute Gasteiger partial charge is 0.352 e. The van der Waals surface area contributed by atoms with Crippen LogP contribution in [0.4, 0.5) is 27.6 Å². The number of nitrogens with zero attached hydrogens (tertiary/aromatic N) is 1. The van der Waals surface area contributed by atoms with Gasteiger partial charge in [-0.2, -0.15) is 8.78 Å². The number of halogens is 5. The molecule has 0 aromatic heterocycles. The van der Waals surface area contributed by atoms with Crippen molar-refractivity contribution in [1.82, 2.24) is 4.90 Å². The number of anilines is 1. The van der Waals surface area contributed by atoms with E-state index in [2.05, 4.69) is 5.32 Å². The Bertz CT molecular complexity index is 937. The Morgan fingerprint density at radius 3 is 2.30 bits per heavy atom. The van der Waals surface area contributed by atoms with Crippen LogP contribution >= 0.6 is 0 Å². The molecular formula is C20H19F5N2O3. The first-order valence-electron chi connectivity index (χ1n) is 8.96. The van der Waals surface area contributed by atoms with Crippen molar-refractivity contribution in [3.63, 3.8) is 0 Å². The van der Waals surface area contributed by atoms with E-state index in [1.807, 2.05) is 0 Å². The van der Waals surface area contributed by atoms with Crippen LogP contribution in [0.1, 0.15) is 29.3 Å². The van der Waals surface area contributed by atoms with Gasteiger partial charge in [-0.1, -0.05) is 0 Å². The number of hydrogen-bond donors (Lipinski definition) is 2. The first-order chi connectivity index (χ1) is 14.1. The summed E-state index contributed by atoms with van der Waals surface area (Å²) in [6.45, 7) is 0.891. The van der Waals surface area contributed by atoms with Crippen molar-refractivity contribution in [3.8, 4) is 0 Å². The molecule has 0 aliphatic rings. The molecular weight excluding hydrogens is 411 g/mol. The molecule has 2 rings (SSSR count). The molecule has 0 radical (unpaired) electrons. The Kier molecular flexibility index (Phi) is 7.49. The van der Waals surface area contributed by atoms with Crippen LogP contribution in [-0.2, 0) is 10.7 Å². The molecule has 30 heavy (non-hydrogen) atoms. The second kappa shape index (κ2) is 9.66. The molecule has 0 bridgehead atoms. The standard InChI is InChI=1S/C20H19F5N2O3/c1-2-27(8-3-9-28)19(30)20(24,25)14-10-12(4-6-15(14)21)18(29)26-13-5-7-16(22)17(23)11-13/h4-7,10-11,28H,2-3,8-9H2,1H3,(H,26,29). The number of alkyl halides is 2. The van der Waals surface area contributed by atoms with Gasteiger partial charge in [0.15, 0.2) is 11.6 Å². The monoisotopic (exact) mass is 430 g/mol. The zero-order valence-electron chi connectivity index (χ0n) is 15.9. The third kappa shape index (κ3) is 5.12. The Morgan fingerprint density at radius 1 is 1.03 bits per heavy atom. The maximum absolute atomic E-state index is 14.7. The fraction of sp³-hybridized carbons (Fsp3) is 0.300. The van der Waals surface area contributed by atoms with Crippen molar-refractivity contribution >= 4 is 17.5 Å². The largest absolute Gasteiger partial charge is 0.396 e. The minimum atomic E-state index is -4.27. The molecule has 2 N–H and O–H groups in total. The molecule has 5 nitrogen and oxygen atoms in total. The lowest BCUT2D eigenvalue weighted by Gasteiger charge is -2.26. The van der Waals surface area contributed by atoms with Gasteiger partial charge in [-0.05, 0) is 43.7 Å². The lowest BCUT2D eigenvalue weighted by atomic mass is 10.0. The fourth-order valence-corrected chi connectivity index (χ4v) is 2.66. The first kappa shape index (κ1) is 23.3. The Hall–Kier alpha value is -3.01. The number of likely N-dealkylation sites (N-methyl/N-ethyl adjacent to an activating group) is 1.